The summed E-state index contributed by atoms with van der Waals surface area (Å²) in [5, 5.41) is 16.8. The van der Waals surface area contributed by atoms with Crippen LogP contribution in [0.25, 0.3) is 22.2 Å². The van der Waals surface area contributed by atoms with Gasteiger partial charge < -0.3 is 4.90 Å². The molecule has 0 spiro atoms. The van der Waals surface area contributed by atoms with E-state index in [2.05, 4.69) is 53.6 Å². The van der Waals surface area contributed by atoms with Gasteiger partial charge in [0.25, 0.3) is 0 Å². The van der Waals surface area contributed by atoms with Gasteiger partial charge in [-0.05, 0) is 23.8 Å². The van der Waals surface area contributed by atoms with Gasteiger partial charge in [-0.25, -0.2) is 14.6 Å². The number of anilines is 1. The Labute approximate surface area is 165 Å². The molecule has 0 unspecified atom stereocenters. The van der Waals surface area contributed by atoms with Gasteiger partial charge in [0, 0.05) is 42.4 Å². The molecule has 1 aliphatic heterocycles. The lowest BCUT2D eigenvalue weighted by atomic mass is 10.1. The smallest absolute Gasteiger partial charge is 0.221 e. The van der Waals surface area contributed by atoms with Crippen LogP contribution in [0.2, 0.25) is 0 Å². The molecule has 1 aromatic carbocycles. The fourth-order valence-corrected chi connectivity index (χ4v) is 3.82. The highest BCUT2D eigenvalue weighted by Gasteiger charge is 2.20. The summed E-state index contributed by atoms with van der Waals surface area (Å²) in [4.78, 5) is 15.9. The Hall–Kier alpha value is -3.88. The SMILES string of the molecule is c1cnc2ccc(Cn3nnc4ncc(N5CCc6[nH]ncc6C5)nc43)cc2c1. The molecule has 0 bridgehead atoms. The van der Waals surface area contributed by atoms with Crippen molar-refractivity contribution >= 4 is 28.0 Å². The minimum absolute atomic E-state index is 0.553. The first-order valence-corrected chi connectivity index (χ1v) is 9.49. The molecule has 142 valence electrons. The third kappa shape index (κ3) is 2.78. The number of nitrogens with zero attached hydrogens (tertiary/aromatic N) is 8. The number of aromatic nitrogens is 8. The summed E-state index contributed by atoms with van der Waals surface area (Å²) in [7, 11) is 0. The summed E-state index contributed by atoms with van der Waals surface area (Å²) in [5.74, 6) is 0.829. The van der Waals surface area contributed by atoms with Crippen molar-refractivity contribution in [3.8, 4) is 0 Å². The van der Waals surface area contributed by atoms with Crippen molar-refractivity contribution < 1.29 is 0 Å². The molecule has 5 heterocycles. The third-order valence-corrected chi connectivity index (χ3v) is 5.34. The molecular formula is C20H17N9. The maximum absolute atomic E-state index is 4.83. The average molecular weight is 383 g/mol. The molecule has 5 aromatic rings. The highest BCUT2D eigenvalue weighted by atomic mass is 15.5. The zero-order chi connectivity index (χ0) is 19.2. The molecule has 9 heteroatoms. The Morgan fingerprint density at radius 2 is 2.10 bits per heavy atom. The molecule has 9 nitrogen and oxygen atoms in total. The number of aromatic amines is 1. The number of hydrogen-bond acceptors (Lipinski definition) is 7. The van der Waals surface area contributed by atoms with Crippen molar-refractivity contribution in [2.75, 3.05) is 11.4 Å². The lowest BCUT2D eigenvalue weighted by Crippen LogP contribution is -2.30. The number of pyridine rings is 1. The summed E-state index contributed by atoms with van der Waals surface area (Å²) < 4.78 is 1.80. The molecule has 0 fully saturated rings. The van der Waals surface area contributed by atoms with E-state index in [1.165, 1.54) is 11.3 Å². The lowest BCUT2D eigenvalue weighted by molar-refractivity contribution is 0.662. The van der Waals surface area contributed by atoms with E-state index in [0.29, 0.717) is 17.8 Å². The fraction of sp³-hybridized carbons (Fsp3) is 0.200. The van der Waals surface area contributed by atoms with Crippen LogP contribution in [0.3, 0.4) is 0 Å². The van der Waals surface area contributed by atoms with E-state index in [9.17, 15) is 0 Å². The number of nitrogens with one attached hydrogen (secondary N) is 1. The highest BCUT2D eigenvalue weighted by Crippen LogP contribution is 2.22. The Kier molecular flexibility index (Phi) is 3.52. The summed E-state index contributed by atoms with van der Waals surface area (Å²) in [6, 6.07) is 10.2. The van der Waals surface area contributed by atoms with Crippen LogP contribution in [0.1, 0.15) is 16.8 Å². The molecule has 0 saturated heterocycles. The lowest BCUT2D eigenvalue weighted by Gasteiger charge is -2.27. The largest absolute Gasteiger partial charge is 0.350 e. The molecule has 0 aliphatic carbocycles. The highest BCUT2D eigenvalue weighted by molar-refractivity contribution is 5.79. The van der Waals surface area contributed by atoms with E-state index in [1.54, 1.807) is 17.1 Å². The average Bonchev–Trinajstić information content (AvgIpc) is 3.40. The maximum Gasteiger partial charge on any atom is 0.221 e. The van der Waals surface area contributed by atoms with Crippen LogP contribution in [0.15, 0.2) is 48.9 Å². The van der Waals surface area contributed by atoms with Gasteiger partial charge in [-0.15, -0.1) is 5.10 Å². The van der Waals surface area contributed by atoms with E-state index in [1.807, 2.05) is 18.3 Å². The quantitative estimate of drug-likeness (QED) is 0.509. The second kappa shape index (κ2) is 6.33. The van der Waals surface area contributed by atoms with Crippen molar-refractivity contribution in [3.63, 3.8) is 0 Å². The third-order valence-electron chi connectivity index (χ3n) is 5.34. The molecule has 0 saturated carbocycles. The first kappa shape index (κ1) is 16.1. The number of rotatable bonds is 3. The predicted octanol–water partition coefficient (Wildman–Crippen LogP) is 2.10. The van der Waals surface area contributed by atoms with Gasteiger partial charge >= 0.3 is 0 Å². The van der Waals surface area contributed by atoms with Crippen LogP contribution < -0.4 is 4.90 Å². The molecule has 29 heavy (non-hydrogen) atoms. The Bertz CT molecular complexity index is 1340. The first-order valence-electron chi connectivity index (χ1n) is 9.49. The molecular weight excluding hydrogens is 366 g/mol. The van der Waals surface area contributed by atoms with Gasteiger partial charge in [-0.3, -0.25) is 10.1 Å². The van der Waals surface area contributed by atoms with Crippen LogP contribution in [-0.2, 0) is 19.5 Å². The van der Waals surface area contributed by atoms with Crippen molar-refractivity contribution in [3.05, 3.63) is 65.7 Å². The van der Waals surface area contributed by atoms with Gasteiger partial charge in [0.05, 0.1) is 24.5 Å². The van der Waals surface area contributed by atoms with Gasteiger partial charge in [0.2, 0.25) is 5.65 Å². The van der Waals surface area contributed by atoms with E-state index >= 15 is 0 Å². The van der Waals surface area contributed by atoms with Crippen molar-refractivity contribution in [2.24, 2.45) is 0 Å². The zero-order valence-corrected chi connectivity index (χ0v) is 15.5. The normalized spacial score (nSPS) is 13.9. The minimum Gasteiger partial charge on any atom is -0.350 e. The zero-order valence-electron chi connectivity index (χ0n) is 15.5. The van der Waals surface area contributed by atoms with E-state index in [-0.39, 0.29) is 0 Å². The summed E-state index contributed by atoms with van der Waals surface area (Å²) in [6.07, 6.45) is 6.37. The van der Waals surface area contributed by atoms with Gasteiger partial charge in [-0.1, -0.05) is 17.3 Å². The topological polar surface area (TPSA) is 101 Å². The number of hydrogen-bond donors (Lipinski definition) is 1. The summed E-state index contributed by atoms with van der Waals surface area (Å²) in [6.45, 7) is 2.21. The molecule has 6 rings (SSSR count). The van der Waals surface area contributed by atoms with Gasteiger partial charge in [-0.2, -0.15) is 5.10 Å². The van der Waals surface area contributed by atoms with Crippen molar-refractivity contribution in [2.45, 2.75) is 19.5 Å². The molecule has 0 amide bonds. The van der Waals surface area contributed by atoms with Crippen LogP contribution >= 0.6 is 0 Å². The predicted molar refractivity (Wildman–Crippen MR) is 107 cm³/mol. The Morgan fingerprint density at radius 1 is 1.10 bits per heavy atom. The Balaban J connectivity index is 1.33. The molecule has 1 aliphatic rings. The summed E-state index contributed by atoms with van der Waals surface area (Å²) >= 11 is 0. The standard InChI is InChI=1S/C20H17N9/c1-2-14-8-13(3-4-16(14)21-6-1)11-29-20-19(26-27-29)22-10-18(24-20)28-7-5-17-15(12-28)9-23-25-17/h1-4,6,8-10H,5,7,11-12H2,(H,23,25). The van der Waals surface area contributed by atoms with Crippen molar-refractivity contribution in [1.29, 1.82) is 0 Å². The maximum atomic E-state index is 4.83. The minimum atomic E-state index is 0.553. The van der Waals surface area contributed by atoms with Crippen LogP contribution in [0.5, 0.6) is 0 Å². The second-order valence-electron chi connectivity index (χ2n) is 7.20. The van der Waals surface area contributed by atoms with Crippen LogP contribution in [0, 0.1) is 0 Å². The van der Waals surface area contributed by atoms with Gasteiger partial charge in [0.15, 0.2) is 5.65 Å². The van der Waals surface area contributed by atoms with Gasteiger partial charge in [0.1, 0.15) is 5.82 Å². The molecule has 4 aromatic heterocycles. The Morgan fingerprint density at radius 3 is 3.10 bits per heavy atom. The summed E-state index contributed by atoms with van der Waals surface area (Å²) in [5.41, 5.74) is 5.74. The number of H-pyrrole nitrogens is 1. The first-order chi connectivity index (χ1) is 14.3. The molecule has 1 N–H and O–H groups in total. The number of benzene rings is 1. The molecule has 0 radical (unpaired) electrons. The van der Waals surface area contributed by atoms with E-state index in [4.69, 9.17) is 4.98 Å². The van der Waals surface area contributed by atoms with Crippen molar-refractivity contribution in [1.82, 2.24) is 40.1 Å². The fourth-order valence-electron chi connectivity index (χ4n) is 3.82. The van der Waals surface area contributed by atoms with Crippen LogP contribution in [-0.4, -0.2) is 46.7 Å². The monoisotopic (exact) mass is 383 g/mol. The second-order valence-corrected chi connectivity index (χ2v) is 7.20. The van der Waals surface area contributed by atoms with E-state index < -0.39 is 0 Å². The molecule has 0 atom stereocenters. The van der Waals surface area contributed by atoms with E-state index in [0.717, 1.165) is 41.8 Å². The number of fused-ring (bicyclic) bond motifs is 3. The van der Waals surface area contributed by atoms with Crippen LogP contribution in [0.4, 0.5) is 5.82 Å².